The number of carbonyl (C=O) groups is 17. The number of esters is 17. The van der Waals surface area contributed by atoms with Crippen molar-refractivity contribution in [2.75, 3.05) is 33.0 Å². The summed E-state index contributed by atoms with van der Waals surface area (Å²) in [6.45, 7) is 21.1. The van der Waals surface area contributed by atoms with Crippen molar-refractivity contribution in [3.8, 4) is 0 Å². The summed E-state index contributed by atoms with van der Waals surface area (Å²) in [5.41, 5.74) is -4.11. The third kappa shape index (κ3) is 24.0. The number of fused-ring (bicyclic) bond motifs is 3. The largest absolute Gasteiger partial charge is 0.465 e. The molecule has 2 bridgehead atoms. The van der Waals surface area contributed by atoms with E-state index in [1.54, 1.807) is 6.92 Å². The summed E-state index contributed by atoms with van der Waals surface area (Å²) in [4.78, 5) is 225. The van der Waals surface area contributed by atoms with Gasteiger partial charge in [0.1, 0.15) is 75.3 Å². The van der Waals surface area contributed by atoms with Crippen LogP contribution in [0.25, 0.3) is 0 Å². The fourth-order valence-corrected chi connectivity index (χ4v) is 19.8. The summed E-state index contributed by atoms with van der Waals surface area (Å²) in [6, 6.07) is 0. The van der Waals surface area contributed by atoms with Gasteiger partial charge in [0.15, 0.2) is 86.0 Å². The third-order valence-corrected chi connectivity index (χ3v) is 24.1. The number of hydrogen-bond acceptors (Lipinski definition) is 43. The van der Waals surface area contributed by atoms with Crippen molar-refractivity contribution in [2.45, 2.75) is 342 Å². The molecule has 704 valence electrons. The lowest BCUT2D eigenvalue weighted by Crippen LogP contribution is -2.69. The number of aliphatic hydroxyl groups is 1. The van der Waals surface area contributed by atoms with Gasteiger partial charge in [-0.15, -0.1) is 0 Å². The van der Waals surface area contributed by atoms with Crippen LogP contribution in [0.3, 0.4) is 0 Å². The summed E-state index contributed by atoms with van der Waals surface area (Å²) in [7, 11) is 0. The quantitative estimate of drug-likeness (QED) is 0.0451. The molecule has 5 aliphatic carbocycles. The molecule has 43 heteroatoms. The van der Waals surface area contributed by atoms with E-state index < -0.39 is 322 Å². The highest BCUT2D eigenvalue weighted by Gasteiger charge is 2.71. The van der Waals surface area contributed by atoms with Gasteiger partial charge in [-0.3, -0.25) is 81.5 Å². The van der Waals surface area contributed by atoms with Gasteiger partial charge in [-0.25, -0.2) is 0 Å². The molecule has 4 heterocycles. The third-order valence-electron chi connectivity index (χ3n) is 24.1. The topological polar surface area (TPSA) is 541 Å². The number of rotatable bonds is 31. The van der Waals surface area contributed by atoms with Crippen molar-refractivity contribution in [1.29, 1.82) is 0 Å². The molecule has 9 aliphatic rings. The molecule has 0 radical (unpaired) electrons. The van der Waals surface area contributed by atoms with Crippen molar-refractivity contribution in [1.82, 2.24) is 0 Å². The van der Waals surface area contributed by atoms with Crippen LogP contribution in [0.4, 0.5) is 0 Å². The Morgan fingerprint density at radius 3 is 1.13 bits per heavy atom. The predicted molar refractivity (Wildman–Crippen MR) is 408 cm³/mol. The van der Waals surface area contributed by atoms with E-state index in [2.05, 4.69) is 13.5 Å². The Morgan fingerprint density at radius 2 is 0.690 bits per heavy atom. The maximum atomic E-state index is 16.0. The highest BCUT2D eigenvalue weighted by atomic mass is 16.8. The SMILES string of the molecule is C=C1C[C@@]23CCC4[C@@](C)(CCC[C@@]4(C)C(=O)OC4OC(COC(C)=O)C(OC(C)=O)C(O)C4OC4OC(COC(C)=O)C(OC(C)=O)C(OC(C)=O)C4OC(C)=O)C2CC[C@]1(OC1OC(COC(C)=O)C(OC(C)=O)C(OC2CC(COC(C)=O)C(OC(C)=O)C(OC(C)=O)C2OC(C)=O)C1OC1OC(COC(C)=O)C(OC(C)=O)C(OC(C)=O)C1OC(C)=O)C3. The predicted octanol–water partition coefficient (Wildman–Crippen LogP) is 2.51. The second-order valence-corrected chi connectivity index (χ2v) is 33.6. The average molecular weight is 1800 g/mol. The summed E-state index contributed by atoms with van der Waals surface area (Å²) < 4.78 is 152. The van der Waals surface area contributed by atoms with Crippen LogP contribution in [-0.4, -0.2) is 292 Å². The van der Waals surface area contributed by atoms with Crippen LogP contribution in [0.15, 0.2) is 12.2 Å². The van der Waals surface area contributed by atoms with E-state index >= 15 is 4.79 Å². The van der Waals surface area contributed by atoms with Crippen LogP contribution in [0.2, 0.25) is 0 Å². The zero-order valence-corrected chi connectivity index (χ0v) is 73.5. The van der Waals surface area contributed by atoms with Gasteiger partial charge in [0.05, 0.1) is 23.7 Å². The molecule has 1 N–H and O–H groups in total. The monoisotopic (exact) mass is 1800 g/mol. The highest BCUT2D eigenvalue weighted by Crippen LogP contribution is 2.74. The summed E-state index contributed by atoms with van der Waals surface area (Å²) in [5.74, 6) is -18.4. The second kappa shape index (κ2) is 42.1. The van der Waals surface area contributed by atoms with Gasteiger partial charge in [0.25, 0.3) is 0 Å². The molecule has 0 aromatic heterocycles. The Hall–Kier alpha value is -9.63. The standard InChI is InChI=1S/C83H114O43/c1-35-28-82-25-21-58-80(18,23-20-24-81(58,19)79(101)125-75-67(60(100)62(108-42(8)90)54(119-75)30-103-37(3)85)123-76-72(116-50(16)98)69(114-48(14)96)64(110-44(10)92)55(120-76)31-104-38(4)86)59(82)22-26-83(35,34-82)126-78-74(124-77-73(117-51(17)99)70(115-49(15)97)65(111-45(11)93)56(121-77)32-105-39(5)87)71(66(112-46(12)94)57(122-78)33-106-40(6)88)118-53-27-52(29-102-36(2)84)61(107-41(7)89)68(113-47(13)95)63(53)109-43(9)91/h52-78,100H,1,20-34H2,2-19H3/t52?,53?,54?,55?,56?,57?,58?,59?,60?,61?,62?,63?,64?,65?,66?,67?,68?,69?,70?,71?,72?,73?,74?,75?,76?,77?,78?,80-,81-,82-,83+/m1/s1. The first-order chi connectivity index (χ1) is 59.0. The van der Waals surface area contributed by atoms with Gasteiger partial charge in [0.2, 0.25) is 6.29 Å². The minimum absolute atomic E-state index is 0.0801. The van der Waals surface area contributed by atoms with Crippen LogP contribution in [0, 0.1) is 34.0 Å². The van der Waals surface area contributed by atoms with Crippen molar-refractivity contribution >= 4 is 101 Å². The molecule has 1 spiro atoms. The molecule has 9 rings (SSSR count). The van der Waals surface area contributed by atoms with E-state index in [1.165, 1.54) is 0 Å². The molecule has 126 heavy (non-hydrogen) atoms. The van der Waals surface area contributed by atoms with Crippen molar-refractivity contribution in [3.05, 3.63) is 12.2 Å². The van der Waals surface area contributed by atoms with E-state index in [1.807, 2.05) is 0 Å². The maximum absolute atomic E-state index is 16.0. The lowest BCUT2D eigenvalue weighted by Gasteiger charge is -2.64. The van der Waals surface area contributed by atoms with Crippen LogP contribution in [0.1, 0.15) is 189 Å². The molecular weight excluding hydrogens is 1680 g/mol. The number of hydrogen-bond donors (Lipinski definition) is 1. The molecule has 31 atom stereocenters. The number of carbonyl (C=O) groups excluding carboxylic acids is 17. The molecule has 0 aromatic carbocycles. The van der Waals surface area contributed by atoms with Gasteiger partial charge < -0.3 is 124 Å². The van der Waals surface area contributed by atoms with E-state index in [0.717, 1.165) is 111 Å². The minimum Gasteiger partial charge on any atom is -0.465 e. The average Bonchev–Trinajstić information content (AvgIpc) is 1.48. The molecule has 4 saturated heterocycles. The van der Waals surface area contributed by atoms with E-state index in [-0.39, 0.29) is 44.4 Å². The van der Waals surface area contributed by atoms with E-state index in [9.17, 15) is 81.8 Å². The first-order valence-electron chi connectivity index (χ1n) is 41.4. The molecule has 27 unspecified atom stereocenters. The molecule has 43 nitrogen and oxygen atoms in total. The van der Waals surface area contributed by atoms with Gasteiger partial charge in [-0.05, 0) is 93.0 Å². The van der Waals surface area contributed by atoms with Crippen molar-refractivity contribution < 1.29 is 205 Å². The van der Waals surface area contributed by atoms with E-state index in [4.69, 9.17) is 118 Å². The van der Waals surface area contributed by atoms with Crippen LogP contribution in [-0.2, 0) is 200 Å². The van der Waals surface area contributed by atoms with Gasteiger partial charge in [-0.1, -0.05) is 19.9 Å². The Kier molecular flexibility index (Phi) is 33.4. The Bertz CT molecular complexity index is 4080. The zero-order chi connectivity index (χ0) is 93.3. The summed E-state index contributed by atoms with van der Waals surface area (Å²) in [6.07, 6.45) is -42.9. The number of ether oxygens (including phenoxy) is 25. The van der Waals surface area contributed by atoms with Crippen LogP contribution >= 0.6 is 0 Å². The molecule has 5 saturated carbocycles. The molecule has 0 aromatic rings. The zero-order valence-electron chi connectivity index (χ0n) is 73.5. The summed E-state index contributed by atoms with van der Waals surface area (Å²) in [5, 5.41) is 12.6. The van der Waals surface area contributed by atoms with Crippen LogP contribution in [0.5, 0.6) is 0 Å². The molecule has 0 amide bonds. The lowest BCUT2D eigenvalue weighted by molar-refractivity contribution is -0.386. The lowest BCUT2D eigenvalue weighted by atomic mass is 9.41. The van der Waals surface area contributed by atoms with Gasteiger partial charge >= 0.3 is 101 Å². The summed E-state index contributed by atoms with van der Waals surface area (Å²) >= 11 is 0. The first-order valence-corrected chi connectivity index (χ1v) is 41.4. The Balaban J connectivity index is 1.15. The minimum atomic E-state index is -2.15. The molecule has 4 aliphatic heterocycles. The number of aliphatic hydroxyl groups excluding tert-OH is 1. The molecule has 9 fully saturated rings. The normalized spacial score (nSPS) is 37.3. The molecular formula is C83H114O43. The van der Waals surface area contributed by atoms with Crippen molar-refractivity contribution in [2.24, 2.45) is 34.0 Å². The maximum Gasteiger partial charge on any atom is 0.314 e. The first kappa shape index (κ1) is 100. The second-order valence-electron chi connectivity index (χ2n) is 33.6. The fourth-order valence-electron chi connectivity index (χ4n) is 19.8. The Labute approximate surface area is 724 Å². The van der Waals surface area contributed by atoms with Gasteiger partial charge in [0, 0.05) is 117 Å². The fraction of sp³-hybridized carbons (Fsp3) is 0.771. The van der Waals surface area contributed by atoms with Gasteiger partial charge in [-0.2, -0.15) is 0 Å². The van der Waals surface area contributed by atoms with Crippen LogP contribution < -0.4 is 0 Å². The Morgan fingerprint density at radius 1 is 0.341 bits per heavy atom. The smallest absolute Gasteiger partial charge is 0.314 e. The highest BCUT2D eigenvalue weighted by molar-refractivity contribution is 5.78. The van der Waals surface area contributed by atoms with Crippen molar-refractivity contribution in [3.63, 3.8) is 0 Å². The van der Waals surface area contributed by atoms with E-state index in [0.29, 0.717) is 24.8 Å².